The monoisotopic (exact) mass is 212 g/mol. The number of rotatable bonds is 3. The van der Waals surface area contributed by atoms with Crippen molar-refractivity contribution in [2.75, 3.05) is 25.0 Å². The van der Waals surface area contributed by atoms with E-state index >= 15 is 0 Å². The minimum absolute atomic E-state index is 0.479. The topological polar surface area (TPSA) is 49.8 Å². The summed E-state index contributed by atoms with van der Waals surface area (Å²) < 4.78 is 0. The first kappa shape index (κ1) is 9.68. The van der Waals surface area contributed by atoms with Crippen molar-refractivity contribution in [2.45, 2.75) is 6.42 Å². The van der Waals surface area contributed by atoms with Gasteiger partial charge in [0, 0.05) is 12.6 Å². The van der Waals surface area contributed by atoms with Crippen molar-refractivity contribution >= 4 is 17.4 Å². The van der Waals surface area contributed by atoms with E-state index in [1.807, 2.05) is 0 Å². The SMILES string of the molecule is Clc1cc(NCC2CCNC2)ncn1. The molecule has 1 aliphatic rings. The van der Waals surface area contributed by atoms with Gasteiger partial charge in [-0.05, 0) is 25.4 Å². The van der Waals surface area contributed by atoms with E-state index in [1.54, 1.807) is 6.07 Å². The molecule has 1 aliphatic heterocycles. The molecular formula is C9H13ClN4. The van der Waals surface area contributed by atoms with Crippen molar-refractivity contribution in [3.8, 4) is 0 Å². The molecule has 2 rings (SSSR count). The molecule has 76 valence electrons. The van der Waals surface area contributed by atoms with E-state index in [0.717, 1.165) is 25.5 Å². The molecule has 1 fully saturated rings. The fraction of sp³-hybridized carbons (Fsp3) is 0.556. The van der Waals surface area contributed by atoms with E-state index in [2.05, 4.69) is 20.6 Å². The maximum Gasteiger partial charge on any atom is 0.134 e. The van der Waals surface area contributed by atoms with Crippen molar-refractivity contribution in [3.05, 3.63) is 17.5 Å². The zero-order chi connectivity index (χ0) is 9.80. The first-order valence-electron chi connectivity index (χ1n) is 4.77. The largest absolute Gasteiger partial charge is 0.370 e. The zero-order valence-electron chi connectivity index (χ0n) is 7.83. The number of hydrogen-bond acceptors (Lipinski definition) is 4. The molecule has 0 radical (unpaired) electrons. The summed E-state index contributed by atoms with van der Waals surface area (Å²) in [7, 11) is 0. The molecule has 0 aliphatic carbocycles. The fourth-order valence-corrected chi connectivity index (χ4v) is 1.71. The van der Waals surface area contributed by atoms with Gasteiger partial charge in [0.25, 0.3) is 0 Å². The number of aromatic nitrogens is 2. The summed E-state index contributed by atoms with van der Waals surface area (Å²) in [4.78, 5) is 7.90. The molecule has 14 heavy (non-hydrogen) atoms. The van der Waals surface area contributed by atoms with Gasteiger partial charge in [-0.2, -0.15) is 0 Å². The first-order chi connectivity index (χ1) is 6.84. The van der Waals surface area contributed by atoms with Crippen LogP contribution in [0.2, 0.25) is 5.15 Å². The smallest absolute Gasteiger partial charge is 0.134 e. The van der Waals surface area contributed by atoms with Gasteiger partial charge in [-0.3, -0.25) is 0 Å². The Morgan fingerprint density at radius 1 is 1.57 bits per heavy atom. The van der Waals surface area contributed by atoms with Crippen molar-refractivity contribution in [3.63, 3.8) is 0 Å². The van der Waals surface area contributed by atoms with Gasteiger partial charge >= 0.3 is 0 Å². The van der Waals surface area contributed by atoms with Crippen molar-refractivity contribution < 1.29 is 0 Å². The highest BCUT2D eigenvalue weighted by atomic mass is 35.5. The molecule has 1 atom stereocenters. The Bertz CT molecular complexity index is 299. The highest BCUT2D eigenvalue weighted by Crippen LogP contribution is 2.11. The molecule has 1 aromatic rings. The number of anilines is 1. The molecule has 2 N–H and O–H groups in total. The van der Waals surface area contributed by atoms with Gasteiger partial charge in [0.2, 0.25) is 0 Å². The summed E-state index contributed by atoms with van der Waals surface area (Å²) in [5.74, 6) is 1.50. The standard InChI is InChI=1S/C9H13ClN4/c10-8-3-9(14-6-13-8)12-5-7-1-2-11-4-7/h3,6-7,11H,1-2,4-5H2,(H,12,13,14). The van der Waals surface area contributed by atoms with E-state index in [4.69, 9.17) is 11.6 Å². The van der Waals surface area contributed by atoms with Crippen LogP contribution in [0, 0.1) is 5.92 Å². The Hall–Kier alpha value is -0.870. The van der Waals surface area contributed by atoms with Crippen LogP contribution in [0.15, 0.2) is 12.4 Å². The second-order valence-corrected chi connectivity index (χ2v) is 3.85. The van der Waals surface area contributed by atoms with Crippen LogP contribution in [0.3, 0.4) is 0 Å². The maximum atomic E-state index is 5.74. The summed E-state index contributed by atoms with van der Waals surface area (Å²) in [5.41, 5.74) is 0. The van der Waals surface area contributed by atoms with Gasteiger partial charge in [-0.25, -0.2) is 9.97 Å². The average molecular weight is 213 g/mol. The molecule has 4 nitrogen and oxygen atoms in total. The molecule has 0 spiro atoms. The molecule has 0 bridgehead atoms. The van der Waals surface area contributed by atoms with Gasteiger partial charge in [-0.1, -0.05) is 11.6 Å². The van der Waals surface area contributed by atoms with Gasteiger partial charge < -0.3 is 10.6 Å². The summed E-state index contributed by atoms with van der Waals surface area (Å²) >= 11 is 5.74. The predicted octanol–water partition coefficient (Wildman–Crippen LogP) is 1.15. The third-order valence-electron chi connectivity index (χ3n) is 2.37. The molecule has 1 aromatic heterocycles. The van der Waals surface area contributed by atoms with Crippen LogP contribution in [-0.2, 0) is 0 Å². The van der Waals surface area contributed by atoms with Crippen LogP contribution in [0.1, 0.15) is 6.42 Å². The second kappa shape index (κ2) is 4.57. The number of nitrogens with one attached hydrogen (secondary N) is 2. The van der Waals surface area contributed by atoms with E-state index in [1.165, 1.54) is 12.7 Å². The lowest BCUT2D eigenvalue weighted by Gasteiger charge is -2.09. The number of halogens is 1. The molecular weight excluding hydrogens is 200 g/mol. The van der Waals surface area contributed by atoms with E-state index < -0.39 is 0 Å². The lowest BCUT2D eigenvalue weighted by molar-refractivity contribution is 0.614. The summed E-state index contributed by atoms with van der Waals surface area (Å²) in [6.07, 6.45) is 2.70. The Kier molecular flexibility index (Phi) is 3.16. The predicted molar refractivity (Wildman–Crippen MR) is 56.5 cm³/mol. The maximum absolute atomic E-state index is 5.74. The molecule has 1 saturated heterocycles. The quantitative estimate of drug-likeness (QED) is 0.739. The normalized spacial score (nSPS) is 21.1. The lowest BCUT2D eigenvalue weighted by Crippen LogP contribution is -2.17. The highest BCUT2D eigenvalue weighted by molar-refractivity contribution is 6.29. The lowest BCUT2D eigenvalue weighted by atomic mass is 10.1. The van der Waals surface area contributed by atoms with Crippen LogP contribution < -0.4 is 10.6 Å². The third kappa shape index (κ3) is 2.56. The Labute approximate surface area is 88.1 Å². The molecule has 1 unspecified atom stereocenters. The van der Waals surface area contributed by atoms with Crippen LogP contribution in [-0.4, -0.2) is 29.6 Å². The molecule has 0 aromatic carbocycles. The van der Waals surface area contributed by atoms with Crippen LogP contribution in [0.4, 0.5) is 5.82 Å². The van der Waals surface area contributed by atoms with Crippen LogP contribution >= 0.6 is 11.6 Å². The molecule has 5 heteroatoms. The fourth-order valence-electron chi connectivity index (χ4n) is 1.57. The van der Waals surface area contributed by atoms with Crippen LogP contribution in [0.25, 0.3) is 0 Å². The average Bonchev–Trinajstić information content (AvgIpc) is 2.67. The van der Waals surface area contributed by atoms with Gasteiger partial charge in [0.05, 0.1) is 0 Å². The number of nitrogens with zero attached hydrogens (tertiary/aromatic N) is 2. The Morgan fingerprint density at radius 2 is 2.50 bits per heavy atom. The first-order valence-corrected chi connectivity index (χ1v) is 5.14. The third-order valence-corrected chi connectivity index (χ3v) is 2.57. The summed E-state index contributed by atoms with van der Waals surface area (Å²) in [6.45, 7) is 3.16. The Balaban J connectivity index is 1.85. The number of hydrogen-bond donors (Lipinski definition) is 2. The summed E-state index contributed by atoms with van der Waals surface area (Å²) in [5, 5.41) is 7.05. The van der Waals surface area contributed by atoms with E-state index in [9.17, 15) is 0 Å². The van der Waals surface area contributed by atoms with Crippen LogP contribution in [0.5, 0.6) is 0 Å². The highest BCUT2D eigenvalue weighted by Gasteiger charge is 2.13. The zero-order valence-corrected chi connectivity index (χ0v) is 8.59. The van der Waals surface area contributed by atoms with Crippen molar-refractivity contribution in [2.24, 2.45) is 5.92 Å². The minimum Gasteiger partial charge on any atom is -0.370 e. The van der Waals surface area contributed by atoms with Gasteiger partial charge in [0.1, 0.15) is 17.3 Å². The van der Waals surface area contributed by atoms with Crippen molar-refractivity contribution in [1.82, 2.24) is 15.3 Å². The second-order valence-electron chi connectivity index (χ2n) is 3.47. The molecule has 0 amide bonds. The molecule has 2 heterocycles. The van der Waals surface area contributed by atoms with E-state index in [-0.39, 0.29) is 0 Å². The minimum atomic E-state index is 0.479. The van der Waals surface area contributed by atoms with Gasteiger partial charge in [0.15, 0.2) is 0 Å². The summed E-state index contributed by atoms with van der Waals surface area (Å²) in [6, 6.07) is 1.74. The van der Waals surface area contributed by atoms with E-state index in [0.29, 0.717) is 11.1 Å². The molecule has 0 saturated carbocycles. The van der Waals surface area contributed by atoms with Gasteiger partial charge in [-0.15, -0.1) is 0 Å². The Morgan fingerprint density at radius 3 is 3.21 bits per heavy atom. The van der Waals surface area contributed by atoms with Crippen molar-refractivity contribution in [1.29, 1.82) is 0 Å².